The summed E-state index contributed by atoms with van der Waals surface area (Å²) in [5.41, 5.74) is 0.714. The first-order valence-electron chi connectivity index (χ1n) is 7.68. The van der Waals surface area contributed by atoms with Crippen LogP contribution >= 0.6 is 23.2 Å². The van der Waals surface area contributed by atoms with Gasteiger partial charge in [0.25, 0.3) is 0 Å². The van der Waals surface area contributed by atoms with E-state index < -0.39 is 5.91 Å². The van der Waals surface area contributed by atoms with Gasteiger partial charge in [0.1, 0.15) is 6.54 Å². The van der Waals surface area contributed by atoms with Gasteiger partial charge in [-0.3, -0.25) is 19.3 Å². The molecule has 2 aliphatic rings. The highest BCUT2D eigenvalue weighted by atomic mass is 35.5. The zero-order chi connectivity index (χ0) is 17.3. The van der Waals surface area contributed by atoms with Gasteiger partial charge in [0, 0.05) is 16.6 Å². The first kappa shape index (κ1) is 17.0. The second-order valence-electron chi connectivity index (χ2n) is 5.93. The predicted octanol–water partition coefficient (Wildman–Crippen LogP) is 2.56. The van der Waals surface area contributed by atoms with Crippen molar-refractivity contribution in [2.45, 2.75) is 19.4 Å². The number of hydrogen-bond acceptors (Lipinski definition) is 3. The molecule has 0 saturated carbocycles. The Bertz CT molecular complexity index is 707. The van der Waals surface area contributed by atoms with Gasteiger partial charge in [-0.1, -0.05) is 41.4 Å². The third kappa shape index (κ3) is 3.32. The number of nitrogens with zero attached hydrogens (tertiary/aromatic N) is 1. The van der Waals surface area contributed by atoms with Crippen LogP contribution in [0.15, 0.2) is 30.4 Å². The van der Waals surface area contributed by atoms with E-state index in [4.69, 9.17) is 23.2 Å². The molecule has 126 valence electrons. The van der Waals surface area contributed by atoms with Crippen molar-refractivity contribution in [1.82, 2.24) is 10.2 Å². The molecule has 1 aromatic carbocycles. The molecule has 1 aliphatic heterocycles. The number of benzene rings is 1. The molecule has 1 heterocycles. The largest absolute Gasteiger partial charge is 0.350 e. The summed E-state index contributed by atoms with van der Waals surface area (Å²) in [5.74, 6) is -1.54. The number of hydrogen-bond donors (Lipinski definition) is 1. The third-order valence-corrected chi connectivity index (χ3v) is 4.98. The fraction of sp³-hybridized carbons (Fsp3) is 0.353. The Labute approximate surface area is 149 Å². The predicted molar refractivity (Wildman–Crippen MR) is 90.4 cm³/mol. The van der Waals surface area contributed by atoms with Crippen LogP contribution in [0.4, 0.5) is 0 Å². The van der Waals surface area contributed by atoms with Gasteiger partial charge < -0.3 is 5.32 Å². The van der Waals surface area contributed by atoms with E-state index in [1.165, 1.54) is 0 Å². The van der Waals surface area contributed by atoms with Crippen molar-refractivity contribution in [1.29, 1.82) is 0 Å². The molecule has 3 amide bonds. The molecule has 1 aliphatic carbocycles. The van der Waals surface area contributed by atoms with Crippen molar-refractivity contribution in [2.75, 3.05) is 6.54 Å². The number of amides is 3. The normalized spacial score (nSPS) is 22.7. The maximum atomic E-state index is 12.3. The SMILES string of the molecule is O=C(CN1C(=O)[C@H]2CC=CC[C@@H]2C1=O)NCc1ccc(Cl)cc1Cl. The second-order valence-corrected chi connectivity index (χ2v) is 6.77. The van der Waals surface area contributed by atoms with Gasteiger partial charge in [-0.05, 0) is 30.5 Å². The molecule has 1 saturated heterocycles. The summed E-state index contributed by atoms with van der Waals surface area (Å²) in [7, 11) is 0. The molecule has 3 rings (SSSR count). The first-order valence-corrected chi connectivity index (χ1v) is 8.44. The van der Waals surface area contributed by atoms with E-state index in [0.29, 0.717) is 28.5 Å². The Kier molecular flexibility index (Phi) is 4.92. The highest BCUT2D eigenvalue weighted by molar-refractivity contribution is 6.35. The van der Waals surface area contributed by atoms with Crippen molar-refractivity contribution < 1.29 is 14.4 Å². The molecule has 5 nitrogen and oxygen atoms in total. The fourth-order valence-electron chi connectivity index (χ4n) is 3.08. The second kappa shape index (κ2) is 6.95. The lowest BCUT2D eigenvalue weighted by Crippen LogP contribution is -2.40. The number of rotatable bonds is 4. The van der Waals surface area contributed by atoms with Crippen LogP contribution in [0.3, 0.4) is 0 Å². The van der Waals surface area contributed by atoms with E-state index in [0.717, 1.165) is 4.90 Å². The van der Waals surface area contributed by atoms with Gasteiger partial charge in [-0.25, -0.2) is 0 Å². The van der Waals surface area contributed by atoms with Crippen molar-refractivity contribution in [2.24, 2.45) is 11.8 Å². The van der Waals surface area contributed by atoms with E-state index in [-0.39, 0.29) is 36.7 Å². The monoisotopic (exact) mass is 366 g/mol. The summed E-state index contributed by atoms with van der Waals surface area (Å²) in [5, 5.41) is 3.65. The van der Waals surface area contributed by atoms with Crippen LogP contribution in [0.25, 0.3) is 0 Å². The highest BCUT2D eigenvalue weighted by Crippen LogP contribution is 2.34. The van der Waals surface area contributed by atoms with Crippen molar-refractivity contribution in [3.63, 3.8) is 0 Å². The zero-order valence-electron chi connectivity index (χ0n) is 12.8. The molecule has 7 heteroatoms. The molecular weight excluding hydrogens is 351 g/mol. The minimum Gasteiger partial charge on any atom is -0.350 e. The smallest absolute Gasteiger partial charge is 0.240 e. The fourth-order valence-corrected chi connectivity index (χ4v) is 3.56. The summed E-state index contributed by atoms with van der Waals surface area (Å²) in [6, 6.07) is 4.99. The molecule has 0 aromatic heterocycles. The third-order valence-electron chi connectivity index (χ3n) is 4.39. The molecule has 2 atom stereocenters. The van der Waals surface area contributed by atoms with Crippen LogP contribution < -0.4 is 5.32 Å². The van der Waals surface area contributed by atoms with Gasteiger partial charge in [-0.2, -0.15) is 0 Å². The highest BCUT2D eigenvalue weighted by Gasteiger charge is 2.47. The Hall–Kier alpha value is -1.85. The van der Waals surface area contributed by atoms with Crippen molar-refractivity contribution >= 4 is 40.9 Å². The summed E-state index contributed by atoms with van der Waals surface area (Å²) in [6.07, 6.45) is 4.96. The number of likely N-dealkylation sites (tertiary alicyclic amines) is 1. The van der Waals surface area contributed by atoms with E-state index >= 15 is 0 Å². The van der Waals surface area contributed by atoms with Crippen LogP contribution in [0.1, 0.15) is 18.4 Å². The quantitative estimate of drug-likeness (QED) is 0.657. The summed E-state index contributed by atoms with van der Waals surface area (Å²) >= 11 is 11.9. The van der Waals surface area contributed by atoms with E-state index in [2.05, 4.69) is 5.32 Å². The van der Waals surface area contributed by atoms with Crippen LogP contribution in [0, 0.1) is 11.8 Å². The Balaban J connectivity index is 1.59. The topological polar surface area (TPSA) is 66.5 Å². The average Bonchev–Trinajstić information content (AvgIpc) is 2.79. The molecule has 0 bridgehead atoms. The first-order chi connectivity index (χ1) is 11.5. The van der Waals surface area contributed by atoms with Crippen LogP contribution in [-0.4, -0.2) is 29.2 Å². The van der Waals surface area contributed by atoms with Crippen LogP contribution in [0.2, 0.25) is 10.0 Å². The number of halogens is 2. The Morgan fingerprint density at radius 1 is 1.12 bits per heavy atom. The van der Waals surface area contributed by atoms with Crippen LogP contribution in [0.5, 0.6) is 0 Å². The summed E-state index contributed by atoms with van der Waals surface area (Å²) in [4.78, 5) is 37.8. The van der Waals surface area contributed by atoms with Crippen molar-refractivity contribution in [3.05, 3.63) is 46.0 Å². The molecule has 0 spiro atoms. The maximum absolute atomic E-state index is 12.3. The van der Waals surface area contributed by atoms with E-state index in [1.54, 1.807) is 18.2 Å². The molecule has 1 aromatic rings. The standard InChI is InChI=1S/C17H16Cl2N2O3/c18-11-6-5-10(14(19)7-11)8-20-15(22)9-21-16(23)12-3-1-2-4-13(12)17(21)24/h1-2,5-7,12-13H,3-4,8-9H2,(H,20,22)/t12-,13-/m0/s1. The molecule has 0 radical (unpaired) electrons. The van der Waals surface area contributed by atoms with Gasteiger partial charge >= 0.3 is 0 Å². The molecule has 1 fully saturated rings. The van der Waals surface area contributed by atoms with Crippen LogP contribution in [-0.2, 0) is 20.9 Å². The number of carbonyl (C=O) groups excluding carboxylic acids is 3. The molecular formula is C17H16Cl2N2O3. The minimum absolute atomic E-state index is 0.208. The minimum atomic E-state index is -0.394. The van der Waals surface area contributed by atoms with Crippen molar-refractivity contribution in [3.8, 4) is 0 Å². The number of allylic oxidation sites excluding steroid dienone is 2. The maximum Gasteiger partial charge on any atom is 0.240 e. The number of imide groups is 1. The molecule has 0 unspecified atom stereocenters. The Morgan fingerprint density at radius 3 is 2.33 bits per heavy atom. The lowest BCUT2D eigenvalue weighted by molar-refractivity contribution is -0.143. The van der Waals surface area contributed by atoms with Gasteiger partial charge in [0.05, 0.1) is 11.8 Å². The summed E-state index contributed by atoms with van der Waals surface area (Å²) in [6.45, 7) is -0.0463. The van der Waals surface area contributed by atoms with Gasteiger partial charge in [0.15, 0.2) is 0 Å². The zero-order valence-corrected chi connectivity index (χ0v) is 14.3. The van der Waals surface area contributed by atoms with Gasteiger partial charge in [0.2, 0.25) is 17.7 Å². The van der Waals surface area contributed by atoms with E-state index in [1.807, 2.05) is 12.2 Å². The average molecular weight is 367 g/mol. The summed E-state index contributed by atoms with van der Waals surface area (Å²) < 4.78 is 0. The van der Waals surface area contributed by atoms with E-state index in [9.17, 15) is 14.4 Å². The molecule has 1 N–H and O–H groups in total. The number of carbonyl (C=O) groups is 3. The lowest BCUT2D eigenvalue weighted by Gasteiger charge is -2.14. The molecule has 24 heavy (non-hydrogen) atoms. The van der Waals surface area contributed by atoms with Gasteiger partial charge in [-0.15, -0.1) is 0 Å². The lowest BCUT2D eigenvalue weighted by atomic mass is 9.85. The Morgan fingerprint density at radius 2 is 1.75 bits per heavy atom. The number of nitrogens with one attached hydrogen (secondary N) is 1. The number of fused-ring (bicyclic) bond motifs is 1.